The summed E-state index contributed by atoms with van der Waals surface area (Å²) in [4.78, 5) is 26.8. The number of Topliss-reactive ketones (excluding diaryl/α,β-unsaturated/α-hetero) is 1. The van der Waals surface area contributed by atoms with Gasteiger partial charge in [0.05, 0.1) is 12.3 Å². The number of carbonyl (C=O) groups excluding carboxylic acids is 2. The second-order valence-corrected chi connectivity index (χ2v) is 6.31. The molecule has 1 fully saturated rings. The summed E-state index contributed by atoms with van der Waals surface area (Å²) in [6.45, 7) is 3.64. The summed E-state index contributed by atoms with van der Waals surface area (Å²) < 4.78 is 5.61. The van der Waals surface area contributed by atoms with E-state index in [4.69, 9.17) is 4.74 Å². The molecule has 2 aromatic carbocycles. The van der Waals surface area contributed by atoms with Crippen molar-refractivity contribution in [1.82, 2.24) is 4.90 Å². The molecule has 2 aromatic rings. The van der Waals surface area contributed by atoms with Crippen LogP contribution in [0.25, 0.3) is 0 Å². The van der Waals surface area contributed by atoms with Gasteiger partial charge in [-0.1, -0.05) is 42.5 Å². The molecule has 26 heavy (non-hydrogen) atoms. The van der Waals surface area contributed by atoms with Gasteiger partial charge in [0, 0.05) is 25.9 Å². The predicted molar refractivity (Wildman–Crippen MR) is 101 cm³/mol. The first-order valence-electron chi connectivity index (χ1n) is 9.02. The second kappa shape index (κ2) is 8.63. The third kappa shape index (κ3) is 4.29. The van der Waals surface area contributed by atoms with Crippen LogP contribution >= 0.6 is 0 Å². The minimum absolute atomic E-state index is 0.113. The number of likely N-dealkylation sites (tertiary alicyclic amines) is 1. The molecule has 136 valence electrons. The quantitative estimate of drug-likeness (QED) is 0.865. The summed E-state index contributed by atoms with van der Waals surface area (Å²) in [5.74, 6) is 0.803. The normalized spacial score (nSPS) is 16.1. The summed E-state index contributed by atoms with van der Waals surface area (Å²) in [6.07, 6.45) is 0.984. The molecule has 5 nitrogen and oxygen atoms in total. The summed E-state index contributed by atoms with van der Waals surface area (Å²) in [5.41, 5.74) is 1.58. The minimum atomic E-state index is -0.431. The number of amides is 1. The second-order valence-electron chi connectivity index (χ2n) is 6.31. The van der Waals surface area contributed by atoms with Gasteiger partial charge >= 0.3 is 0 Å². The van der Waals surface area contributed by atoms with Crippen LogP contribution in [0, 0.1) is 0 Å². The van der Waals surface area contributed by atoms with E-state index in [2.05, 4.69) is 10.2 Å². The molecule has 0 aromatic heterocycles. The minimum Gasteiger partial charge on any atom is -0.492 e. The molecule has 0 bridgehead atoms. The molecule has 1 N–H and O–H groups in total. The third-order valence-electron chi connectivity index (χ3n) is 4.53. The number of benzene rings is 2. The van der Waals surface area contributed by atoms with Crippen molar-refractivity contribution in [3.8, 4) is 5.75 Å². The van der Waals surface area contributed by atoms with E-state index in [0.717, 1.165) is 5.56 Å². The number of nitrogens with one attached hydrogen (secondary N) is 1. The van der Waals surface area contributed by atoms with Crippen LogP contribution in [0.5, 0.6) is 5.75 Å². The fourth-order valence-electron chi connectivity index (χ4n) is 3.25. The van der Waals surface area contributed by atoms with Gasteiger partial charge in [0.15, 0.2) is 0 Å². The molecule has 0 aliphatic carbocycles. The Balaban J connectivity index is 1.85. The van der Waals surface area contributed by atoms with Crippen molar-refractivity contribution in [2.75, 3.05) is 25.0 Å². The molecule has 3 rings (SSSR count). The Morgan fingerprint density at radius 2 is 1.73 bits per heavy atom. The smallest absolute Gasteiger partial charge is 0.246 e. The lowest BCUT2D eigenvalue weighted by molar-refractivity contribution is -0.127. The van der Waals surface area contributed by atoms with E-state index < -0.39 is 6.04 Å². The van der Waals surface area contributed by atoms with E-state index in [-0.39, 0.29) is 11.7 Å². The molecule has 1 heterocycles. The number of hydrogen-bond acceptors (Lipinski definition) is 4. The molecule has 1 saturated heterocycles. The molecular formula is C21H24N2O3. The number of para-hydroxylation sites is 2. The topological polar surface area (TPSA) is 58.6 Å². The molecule has 0 spiro atoms. The van der Waals surface area contributed by atoms with Crippen LogP contribution in [0.3, 0.4) is 0 Å². The molecule has 1 aliphatic rings. The highest BCUT2D eigenvalue weighted by molar-refractivity contribution is 5.97. The van der Waals surface area contributed by atoms with Crippen LogP contribution < -0.4 is 10.1 Å². The van der Waals surface area contributed by atoms with Gasteiger partial charge in [-0.25, -0.2) is 0 Å². The number of hydrogen-bond donors (Lipinski definition) is 1. The number of anilines is 1. The van der Waals surface area contributed by atoms with Crippen molar-refractivity contribution in [1.29, 1.82) is 0 Å². The van der Waals surface area contributed by atoms with Gasteiger partial charge in [-0.05, 0) is 24.6 Å². The van der Waals surface area contributed by atoms with Crippen molar-refractivity contribution in [2.45, 2.75) is 25.8 Å². The Morgan fingerprint density at radius 3 is 2.42 bits per heavy atom. The Morgan fingerprint density at radius 1 is 1.08 bits per heavy atom. The SMILES string of the molecule is CCOc1ccccc1NC(=O)[C@@H](c1ccccc1)N1CCC(=O)CC1. The summed E-state index contributed by atoms with van der Waals surface area (Å²) in [6, 6.07) is 16.7. The summed E-state index contributed by atoms with van der Waals surface area (Å²) in [7, 11) is 0. The Bertz CT molecular complexity index is 751. The molecular weight excluding hydrogens is 328 g/mol. The van der Waals surface area contributed by atoms with E-state index in [1.807, 2.05) is 61.5 Å². The van der Waals surface area contributed by atoms with Crippen LogP contribution in [0.1, 0.15) is 31.4 Å². The zero-order chi connectivity index (χ0) is 18.4. The Hall–Kier alpha value is -2.66. The van der Waals surface area contributed by atoms with Gasteiger partial charge in [-0.2, -0.15) is 0 Å². The zero-order valence-corrected chi connectivity index (χ0v) is 15.0. The Labute approximate surface area is 154 Å². The summed E-state index contributed by atoms with van der Waals surface area (Å²) >= 11 is 0. The highest BCUT2D eigenvalue weighted by Gasteiger charge is 2.30. The van der Waals surface area contributed by atoms with Gasteiger partial charge in [0.25, 0.3) is 0 Å². The number of rotatable bonds is 6. The molecule has 0 unspecified atom stereocenters. The molecule has 5 heteroatoms. The fourth-order valence-corrected chi connectivity index (χ4v) is 3.25. The third-order valence-corrected chi connectivity index (χ3v) is 4.53. The lowest BCUT2D eigenvalue weighted by Crippen LogP contribution is -2.42. The predicted octanol–water partition coefficient (Wildman–Crippen LogP) is 3.43. The monoisotopic (exact) mass is 352 g/mol. The van der Waals surface area contributed by atoms with E-state index in [0.29, 0.717) is 44.0 Å². The van der Waals surface area contributed by atoms with Crippen LogP contribution in [0.4, 0.5) is 5.69 Å². The maximum atomic E-state index is 13.2. The highest BCUT2D eigenvalue weighted by Crippen LogP contribution is 2.29. The molecule has 0 saturated carbocycles. The molecule has 1 aliphatic heterocycles. The maximum absolute atomic E-state index is 13.2. The first kappa shape index (κ1) is 18.1. The van der Waals surface area contributed by atoms with E-state index >= 15 is 0 Å². The van der Waals surface area contributed by atoms with Crippen LogP contribution in [0.15, 0.2) is 54.6 Å². The average Bonchev–Trinajstić information content (AvgIpc) is 2.66. The lowest BCUT2D eigenvalue weighted by atomic mass is 10.0. The van der Waals surface area contributed by atoms with Crippen molar-refractivity contribution in [2.24, 2.45) is 0 Å². The van der Waals surface area contributed by atoms with E-state index in [1.165, 1.54) is 0 Å². The average molecular weight is 352 g/mol. The molecule has 0 radical (unpaired) electrons. The van der Waals surface area contributed by atoms with Crippen molar-refractivity contribution < 1.29 is 14.3 Å². The standard InChI is InChI=1S/C21H24N2O3/c1-2-26-19-11-7-6-10-18(19)22-21(25)20(16-8-4-3-5-9-16)23-14-12-17(24)13-15-23/h3-11,20H,2,12-15H2,1H3,(H,22,25)/t20-/m1/s1. The lowest BCUT2D eigenvalue weighted by Gasteiger charge is -2.33. The van der Waals surface area contributed by atoms with Gasteiger partial charge in [0.2, 0.25) is 5.91 Å². The summed E-state index contributed by atoms with van der Waals surface area (Å²) in [5, 5.41) is 3.01. The van der Waals surface area contributed by atoms with Crippen LogP contribution in [-0.4, -0.2) is 36.3 Å². The first-order valence-corrected chi connectivity index (χ1v) is 9.02. The largest absolute Gasteiger partial charge is 0.492 e. The van der Waals surface area contributed by atoms with Crippen LogP contribution in [0.2, 0.25) is 0 Å². The van der Waals surface area contributed by atoms with Crippen LogP contribution in [-0.2, 0) is 9.59 Å². The van der Waals surface area contributed by atoms with Crippen molar-refractivity contribution in [3.05, 3.63) is 60.2 Å². The van der Waals surface area contributed by atoms with Gasteiger partial charge < -0.3 is 10.1 Å². The number of ketones is 1. The molecule has 1 atom stereocenters. The number of carbonyl (C=O) groups is 2. The molecule has 1 amide bonds. The number of ether oxygens (including phenoxy) is 1. The maximum Gasteiger partial charge on any atom is 0.246 e. The number of nitrogens with zero attached hydrogens (tertiary/aromatic N) is 1. The fraction of sp³-hybridized carbons (Fsp3) is 0.333. The van der Waals surface area contributed by atoms with E-state index in [1.54, 1.807) is 0 Å². The van der Waals surface area contributed by atoms with Crippen molar-refractivity contribution in [3.63, 3.8) is 0 Å². The zero-order valence-electron chi connectivity index (χ0n) is 15.0. The number of piperidine rings is 1. The van der Waals surface area contributed by atoms with Crippen molar-refractivity contribution >= 4 is 17.4 Å². The van der Waals surface area contributed by atoms with Gasteiger partial charge in [-0.15, -0.1) is 0 Å². The Kier molecular flexibility index (Phi) is 6.02. The van der Waals surface area contributed by atoms with Gasteiger partial charge in [0.1, 0.15) is 17.6 Å². The highest BCUT2D eigenvalue weighted by atomic mass is 16.5. The first-order chi connectivity index (χ1) is 12.7. The van der Waals surface area contributed by atoms with E-state index in [9.17, 15) is 9.59 Å². The van der Waals surface area contributed by atoms with Gasteiger partial charge in [-0.3, -0.25) is 14.5 Å².